The topological polar surface area (TPSA) is 84.0 Å². The third kappa shape index (κ3) is 4.92. The molecule has 1 saturated heterocycles. The van der Waals surface area contributed by atoms with Crippen molar-refractivity contribution in [2.45, 2.75) is 25.3 Å². The first-order valence-electron chi connectivity index (χ1n) is 8.18. The molecule has 0 amide bonds. The summed E-state index contributed by atoms with van der Waals surface area (Å²) in [6.45, 7) is 0.823. The lowest BCUT2D eigenvalue weighted by molar-refractivity contribution is 0.602. The van der Waals surface area contributed by atoms with Gasteiger partial charge < -0.3 is 10.6 Å². The Morgan fingerprint density at radius 3 is 2.75 bits per heavy atom. The van der Waals surface area contributed by atoms with Gasteiger partial charge in [0.05, 0.1) is 11.5 Å². The van der Waals surface area contributed by atoms with Crippen LogP contribution in [0.25, 0.3) is 0 Å². The van der Waals surface area contributed by atoms with Gasteiger partial charge in [0, 0.05) is 18.8 Å². The van der Waals surface area contributed by atoms with E-state index in [0.717, 1.165) is 25.2 Å². The fourth-order valence-electron chi connectivity index (χ4n) is 2.77. The van der Waals surface area contributed by atoms with Crippen molar-refractivity contribution in [2.75, 3.05) is 28.7 Å². The average Bonchev–Trinajstić information content (AvgIpc) is 2.92. The van der Waals surface area contributed by atoms with Crippen LogP contribution in [0.4, 0.5) is 11.8 Å². The fourth-order valence-corrected chi connectivity index (χ4v) is 4.45. The van der Waals surface area contributed by atoms with Crippen molar-refractivity contribution >= 4 is 21.6 Å². The maximum Gasteiger partial charge on any atom is 0.224 e. The highest BCUT2D eigenvalue weighted by atomic mass is 32.2. The summed E-state index contributed by atoms with van der Waals surface area (Å²) in [5, 5.41) is 6.40. The van der Waals surface area contributed by atoms with Crippen LogP contribution in [0.15, 0.2) is 42.6 Å². The minimum atomic E-state index is -2.90. The van der Waals surface area contributed by atoms with Gasteiger partial charge in [0.25, 0.3) is 0 Å². The Morgan fingerprint density at radius 2 is 2.00 bits per heavy atom. The van der Waals surface area contributed by atoms with E-state index in [0.29, 0.717) is 12.4 Å². The molecule has 1 atom stereocenters. The van der Waals surface area contributed by atoms with Gasteiger partial charge in [-0.15, -0.1) is 0 Å². The molecule has 1 aromatic heterocycles. The van der Waals surface area contributed by atoms with E-state index in [1.807, 2.05) is 24.3 Å². The van der Waals surface area contributed by atoms with Crippen LogP contribution in [0.5, 0.6) is 0 Å². The molecule has 128 valence electrons. The van der Waals surface area contributed by atoms with E-state index in [1.54, 1.807) is 6.20 Å². The third-order valence-electron chi connectivity index (χ3n) is 4.01. The Balaban J connectivity index is 1.47. The van der Waals surface area contributed by atoms with Crippen LogP contribution in [0.2, 0.25) is 0 Å². The van der Waals surface area contributed by atoms with Crippen LogP contribution >= 0.6 is 0 Å². The SMILES string of the molecule is O=S1(=O)CCC(Nc2nccc(NCCCc3ccccc3)n2)C1. The van der Waals surface area contributed by atoms with E-state index in [2.05, 4.69) is 32.7 Å². The van der Waals surface area contributed by atoms with E-state index in [-0.39, 0.29) is 17.5 Å². The van der Waals surface area contributed by atoms with Crippen molar-refractivity contribution in [3.8, 4) is 0 Å². The molecule has 3 rings (SSSR count). The minimum absolute atomic E-state index is 0.0941. The summed E-state index contributed by atoms with van der Waals surface area (Å²) < 4.78 is 23.0. The lowest BCUT2D eigenvalue weighted by Crippen LogP contribution is -2.22. The van der Waals surface area contributed by atoms with Crippen molar-refractivity contribution in [2.24, 2.45) is 0 Å². The molecule has 1 aliphatic rings. The number of anilines is 2. The van der Waals surface area contributed by atoms with E-state index < -0.39 is 9.84 Å². The van der Waals surface area contributed by atoms with Gasteiger partial charge in [-0.1, -0.05) is 30.3 Å². The maximum absolute atomic E-state index is 11.5. The summed E-state index contributed by atoms with van der Waals surface area (Å²) in [6, 6.07) is 12.1. The Kier molecular flexibility index (Phi) is 5.30. The quantitative estimate of drug-likeness (QED) is 0.747. The number of hydrogen-bond donors (Lipinski definition) is 2. The normalized spacial score (nSPS) is 19.1. The smallest absolute Gasteiger partial charge is 0.224 e. The molecular formula is C17H22N4O2S. The summed E-state index contributed by atoms with van der Waals surface area (Å²) in [7, 11) is -2.90. The Morgan fingerprint density at radius 1 is 1.17 bits per heavy atom. The summed E-state index contributed by atoms with van der Waals surface area (Å²) in [4.78, 5) is 8.57. The largest absolute Gasteiger partial charge is 0.370 e. The molecule has 0 bridgehead atoms. The maximum atomic E-state index is 11.5. The number of aromatic nitrogens is 2. The Labute approximate surface area is 142 Å². The first-order chi connectivity index (χ1) is 11.6. The molecule has 6 nitrogen and oxygen atoms in total. The fraction of sp³-hybridized carbons (Fsp3) is 0.412. The lowest BCUT2D eigenvalue weighted by Gasteiger charge is -2.12. The zero-order valence-corrected chi connectivity index (χ0v) is 14.3. The molecule has 0 spiro atoms. The zero-order chi connectivity index (χ0) is 16.8. The molecule has 2 aromatic rings. The van der Waals surface area contributed by atoms with Gasteiger partial charge in [-0.2, -0.15) is 4.98 Å². The van der Waals surface area contributed by atoms with E-state index in [4.69, 9.17) is 0 Å². The van der Waals surface area contributed by atoms with Gasteiger partial charge in [-0.3, -0.25) is 0 Å². The van der Waals surface area contributed by atoms with Crippen LogP contribution in [0, 0.1) is 0 Å². The molecule has 1 aromatic carbocycles. The van der Waals surface area contributed by atoms with Crippen molar-refractivity contribution in [1.29, 1.82) is 0 Å². The molecular weight excluding hydrogens is 324 g/mol. The molecule has 2 heterocycles. The summed E-state index contributed by atoms with van der Waals surface area (Å²) in [5.41, 5.74) is 1.33. The number of rotatable bonds is 7. The molecule has 0 saturated carbocycles. The van der Waals surface area contributed by atoms with Crippen molar-refractivity contribution < 1.29 is 8.42 Å². The van der Waals surface area contributed by atoms with Gasteiger partial charge in [0.15, 0.2) is 9.84 Å². The Hall–Kier alpha value is -2.15. The summed E-state index contributed by atoms with van der Waals surface area (Å²) >= 11 is 0. The average molecular weight is 346 g/mol. The molecule has 7 heteroatoms. The number of sulfone groups is 1. The highest BCUT2D eigenvalue weighted by Crippen LogP contribution is 2.16. The lowest BCUT2D eigenvalue weighted by atomic mass is 10.1. The van der Waals surface area contributed by atoms with Crippen molar-refractivity contribution in [1.82, 2.24) is 9.97 Å². The van der Waals surface area contributed by atoms with Gasteiger partial charge in [0.1, 0.15) is 5.82 Å². The van der Waals surface area contributed by atoms with Crippen LogP contribution in [0.1, 0.15) is 18.4 Å². The van der Waals surface area contributed by atoms with Gasteiger partial charge in [-0.05, 0) is 30.9 Å². The second kappa shape index (κ2) is 7.61. The molecule has 2 N–H and O–H groups in total. The van der Waals surface area contributed by atoms with Crippen LogP contribution < -0.4 is 10.6 Å². The van der Waals surface area contributed by atoms with Gasteiger partial charge in [0.2, 0.25) is 5.95 Å². The predicted octanol–water partition coefficient (Wildman–Crippen LogP) is 2.12. The van der Waals surface area contributed by atoms with Crippen LogP contribution in [0.3, 0.4) is 0 Å². The molecule has 0 aliphatic carbocycles. The van der Waals surface area contributed by atoms with Crippen LogP contribution in [-0.2, 0) is 16.3 Å². The second-order valence-corrected chi connectivity index (χ2v) is 8.25. The van der Waals surface area contributed by atoms with E-state index >= 15 is 0 Å². The number of aryl methyl sites for hydroxylation is 1. The number of nitrogens with one attached hydrogen (secondary N) is 2. The van der Waals surface area contributed by atoms with Gasteiger partial charge >= 0.3 is 0 Å². The van der Waals surface area contributed by atoms with E-state index in [1.165, 1.54) is 5.56 Å². The first kappa shape index (κ1) is 16.7. The first-order valence-corrected chi connectivity index (χ1v) is 10.0. The minimum Gasteiger partial charge on any atom is -0.370 e. The predicted molar refractivity (Wildman–Crippen MR) is 96.0 cm³/mol. The van der Waals surface area contributed by atoms with Gasteiger partial charge in [-0.25, -0.2) is 13.4 Å². The Bertz CT molecular complexity index is 765. The highest BCUT2D eigenvalue weighted by Gasteiger charge is 2.28. The number of benzene rings is 1. The second-order valence-electron chi connectivity index (χ2n) is 6.03. The number of hydrogen-bond acceptors (Lipinski definition) is 6. The molecule has 1 unspecified atom stereocenters. The summed E-state index contributed by atoms with van der Waals surface area (Å²) in [6.07, 6.45) is 4.32. The summed E-state index contributed by atoms with van der Waals surface area (Å²) in [5.74, 6) is 1.62. The molecule has 1 fully saturated rings. The monoisotopic (exact) mass is 346 g/mol. The number of nitrogens with zero attached hydrogens (tertiary/aromatic N) is 2. The molecule has 24 heavy (non-hydrogen) atoms. The van der Waals surface area contributed by atoms with Crippen molar-refractivity contribution in [3.05, 3.63) is 48.2 Å². The van der Waals surface area contributed by atoms with Crippen molar-refractivity contribution in [3.63, 3.8) is 0 Å². The highest BCUT2D eigenvalue weighted by molar-refractivity contribution is 7.91. The molecule has 0 radical (unpaired) electrons. The standard InChI is InChI=1S/C17H22N4O2S/c22-24(23)12-9-15(13-24)20-17-19-11-8-16(21-17)18-10-4-7-14-5-2-1-3-6-14/h1-3,5-6,8,11,15H,4,7,9-10,12-13H2,(H2,18,19,20,21). The third-order valence-corrected chi connectivity index (χ3v) is 5.78. The van der Waals surface area contributed by atoms with Crippen LogP contribution in [-0.4, -0.2) is 42.5 Å². The van der Waals surface area contributed by atoms with E-state index in [9.17, 15) is 8.42 Å². The zero-order valence-electron chi connectivity index (χ0n) is 13.5. The molecule has 1 aliphatic heterocycles.